The Kier molecular flexibility index (Phi) is 7.68. The fraction of sp³-hybridized carbons (Fsp3) is 0.357. The van der Waals surface area contributed by atoms with Crippen LogP contribution in [0.1, 0.15) is 66.1 Å². The molecule has 1 amide bonds. The van der Waals surface area contributed by atoms with Crippen LogP contribution in [0.2, 0.25) is 0 Å². The van der Waals surface area contributed by atoms with Crippen molar-refractivity contribution in [2.24, 2.45) is 0 Å². The highest BCUT2D eigenvalue weighted by Gasteiger charge is 2.36. The largest absolute Gasteiger partial charge is 0.350 e. The average Bonchev–Trinajstić information content (AvgIpc) is 3.70. The number of amides is 1. The standard InChI is InChI=1S/C28H29F4N5O3S/c1-15-4-7-21(20(29)12-15)35-25-19(27(38)34-18-5-6-18)14-17(22(30)24(25)32)13-16-8-11-33-26(23(16)31)36-41(39,40)37-28(2)9-3-10-28/h4,7-8,11-12,14,18,35,37H,3,5-6,9-10,13H2,1-2H3,(H,33,36)(H,34,38). The van der Waals surface area contributed by atoms with Crippen LogP contribution in [0.4, 0.5) is 34.8 Å². The van der Waals surface area contributed by atoms with E-state index in [1.807, 2.05) is 0 Å². The molecule has 2 fully saturated rings. The number of aryl methyl sites for hydroxylation is 1. The van der Waals surface area contributed by atoms with Crippen molar-refractivity contribution in [1.29, 1.82) is 0 Å². The predicted molar refractivity (Wildman–Crippen MR) is 146 cm³/mol. The number of carbonyl (C=O) groups excluding carboxylic acids is 1. The number of benzene rings is 2. The van der Waals surface area contributed by atoms with Gasteiger partial charge in [-0.15, -0.1) is 0 Å². The third kappa shape index (κ3) is 6.46. The molecule has 0 atom stereocenters. The van der Waals surface area contributed by atoms with E-state index in [4.69, 9.17) is 0 Å². The van der Waals surface area contributed by atoms with Crippen LogP contribution in [0.5, 0.6) is 0 Å². The van der Waals surface area contributed by atoms with E-state index >= 15 is 13.2 Å². The summed E-state index contributed by atoms with van der Waals surface area (Å²) in [4.78, 5) is 16.8. The molecule has 0 radical (unpaired) electrons. The number of pyridine rings is 1. The zero-order valence-electron chi connectivity index (χ0n) is 22.4. The summed E-state index contributed by atoms with van der Waals surface area (Å²) in [5.41, 5.74) is -1.61. The molecule has 2 aliphatic rings. The van der Waals surface area contributed by atoms with Gasteiger partial charge in [-0.25, -0.2) is 22.5 Å². The highest BCUT2D eigenvalue weighted by atomic mass is 32.2. The fourth-order valence-electron chi connectivity index (χ4n) is 4.64. The molecule has 8 nitrogen and oxygen atoms in total. The van der Waals surface area contributed by atoms with E-state index in [9.17, 15) is 17.6 Å². The molecular weight excluding hydrogens is 562 g/mol. The lowest BCUT2D eigenvalue weighted by Gasteiger charge is -2.38. The number of nitrogens with zero attached hydrogens (tertiary/aromatic N) is 1. The molecule has 218 valence electrons. The molecule has 2 aromatic carbocycles. The molecule has 5 rings (SSSR count). The molecule has 2 aliphatic carbocycles. The first-order valence-corrected chi connectivity index (χ1v) is 14.6. The van der Waals surface area contributed by atoms with Gasteiger partial charge in [0.1, 0.15) is 5.82 Å². The summed E-state index contributed by atoms with van der Waals surface area (Å²) < 4.78 is 90.4. The fourth-order valence-corrected chi connectivity index (χ4v) is 5.94. The van der Waals surface area contributed by atoms with E-state index in [0.717, 1.165) is 31.5 Å². The topological polar surface area (TPSA) is 112 Å². The molecule has 1 aromatic heterocycles. The van der Waals surface area contributed by atoms with Gasteiger partial charge in [0, 0.05) is 24.2 Å². The van der Waals surface area contributed by atoms with Crippen LogP contribution in [-0.2, 0) is 16.6 Å². The van der Waals surface area contributed by atoms with Crippen molar-refractivity contribution in [1.82, 2.24) is 15.0 Å². The molecule has 4 N–H and O–H groups in total. The first-order valence-electron chi connectivity index (χ1n) is 13.1. The van der Waals surface area contributed by atoms with E-state index < -0.39 is 62.9 Å². The summed E-state index contributed by atoms with van der Waals surface area (Å²) in [6, 6.07) is 6.27. The zero-order chi connectivity index (χ0) is 29.5. The summed E-state index contributed by atoms with van der Waals surface area (Å²) >= 11 is 0. The Morgan fingerprint density at radius 2 is 1.76 bits per heavy atom. The second kappa shape index (κ2) is 10.9. The summed E-state index contributed by atoms with van der Waals surface area (Å²) in [5.74, 6) is -5.94. The second-order valence-electron chi connectivity index (χ2n) is 10.9. The summed E-state index contributed by atoms with van der Waals surface area (Å²) in [6.45, 7) is 3.39. The maximum absolute atomic E-state index is 15.5. The van der Waals surface area contributed by atoms with Gasteiger partial charge in [0.25, 0.3) is 5.91 Å². The number of hydrogen-bond donors (Lipinski definition) is 4. The molecule has 3 aromatic rings. The minimum Gasteiger partial charge on any atom is -0.350 e. The van der Waals surface area contributed by atoms with Crippen molar-refractivity contribution in [2.75, 3.05) is 10.0 Å². The van der Waals surface area contributed by atoms with Crippen LogP contribution < -0.4 is 20.1 Å². The van der Waals surface area contributed by atoms with Crippen molar-refractivity contribution in [2.45, 2.75) is 64.0 Å². The van der Waals surface area contributed by atoms with Gasteiger partial charge in [0.2, 0.25) is 0 Å². The maximum Gasteiger partial charge on any atom is 0.300 e. The number of carbonyl (C=O) groups is 1. The van der Waals surface area contributed by atoms with Crippen molar-refractivity contribution in [3.8, 4) is 0 Å². The number of hydrogen-bond acceptors (Lipinski definition) is 5. The molecule has 1 heterocycles. The van der Waals surface area contributed by atoms with E-state index in [-0.39, 0.29) is 28.4 Å². The number of nitrogens with one attached hydrogen (secondary N) is 4. The smallest absolute Gasteiger partial charge is 0.300 e. The first-order chi connectivity index (χ1) is 19.3. The van der Waals surface area contributed by atoms with Gasteiger partial charge in [0.05, 0.1) is 16.9 Å². The predicted octanol–water partition coefficient (Wildman–Crippen LogP) is 5.36. The Bertz CT molecular complexity index is 1630. The summed E-state index contributed by atoms with van der Waals surface area (Å²) in [7, 11) is -4.17. The van der Waals surface area contributed by atoms with Crippen molar-refractivity contribution >= 4 is 33.3 Å². The number of halogens is 4. The van der Waals surface area contributed by atoms with E-state index in [1.54, 1.807) is 19.9 Å². The normalized spacial score (nSPS) is 16.1. The summed E-state index contributed by atoms with van der Waals surface area (Å²) in [5, 5.41) is 5.20. The second-order valence-corrected chi connectivity index (χ2v) is 12.3. The first kappa shape index (κ1) is 28.8. The van der Waals surface area contributed by atoms with Gasteiger partial charge in [-0.1, -0.05) is 6.07 Å². The Labute approximate surface area is 235 Å². The Morgan fingerprint density at radius 3 is 2.39 bits per heavy atom. The van der Waals surface area contributed by atoms with E-state index in [0.29, 0.717) is 18.4 Å². The molecule has 2 saturated carbocycles. The van der Waals surface area contributed by atoms with Crippen molar-refractivity contribution < 1.29 is 30.8 Å². The van der Waals surface area contributed by atoms with Gasteiger partial charge >= 0.3 is 10.2 Å². The van der Waals surface area contributed by atoms with Crippen molar-refractivity contribution in [3.05, 3.63) is 82.1 Å². The Balaban J connectivity index is 1.47. The highest BCUT2D eigenvalue weighted by Crippen LogP contribution is 2.34. The molecule has 13 heteroatoms. The number of anilines is 3. The SMILES string of the molecule is Cc1ccc(Nc2c(C(=O)NC3CC3)cc(Cc3ccnc(NS(=O)(=O)NC4(C)CCC4)c3F)c(F)c2F)c(F)c1. The molecule has 0 aliphatic heterocycles. The van der Waals surface area contributed by atoms with E-state index in [1.165, 1.54) is 18.2 Å². The molecule has 0 unspecified atom stereocenters. The lowest BCUT2D eigenvalue weighted by Crippen LogP contribution is -2.52. The van der Waals surface area contributed by atoms with Gasteiger partial charge in [-0.2, -0.15) is 13.1 Å². The highest BCUT2D eigenvalue weighted by molar-refractivity contribution is 7.90. The lowest BCUT2D eigenvalue weighted by molar-refractivity contribution is 0.0951. The molecule has 0 bridgehead atoms. The third-order valence-electron chi connectivity index (χ3n) is 7.24. The number of rotatable bonds is 10. The Hall–Kier alpha value is -3.71. The van der Waals surface area contributed by atoms with Crippen LogP contribution in [0.25, 0.3) is 0 Å². The summed E-state index contributed by atoms with van der Waals surface area (Å²) in [6.07, 6.45) is 4.18. The van der Waals surface area contributed by atoms with Gasteiger partial charge in [-0.3, -0.25) is 9.52 Å². The minimum atomic E-state index is -4.17. The minimum absolute atomic E-state index is 0.118. The van der Waals surface area contributed by atoms with Crippen LogP contribution in [0, 0.1) is 30.2 Å². The Morgan fingerprint density at radius 1 is 1.02 bits per heavy atom. The van der Waals surface area contributed by atoms with Gasteiger partial charge in [-0.05, 0) is 86.9 Å². The zero-order valence-corrected chi connectivity index (χ0v) is 23.2. The molecule has 0 spiro atoms. The van der Waals surface area contributed by atoms with Gasteiger partial charge in [0.15, 0.2) is 23.3 Å². The van der Waals surface area contributed by atoms with E-state index in [2.05, 4.69) is 25.1 Å². The number of aromatic nitrogens is 1. The van der Waals surface area contributed by atoms with Crippen molar-refractivity contribution in [3.63, 3.8) is 0 Å². The van der Waals surface area contributed by atoms with Crippen LogP contribution in [0.15, 0.2) is 36.5 Å². The average molecular weight is 592 g/mol. The van der Waals surface area contributed by atoms with Crippen LogP contribution in [0.3, 0.4) is 0 Å². The van der Waals surface area contributed by atoms with Crippen LogP contribution in [-0.4, -0.2) is 30.9 Å². The third-order valence-corrected chi connectivity index (χ3v) is 8.47. The van der Waals surface area contributed by atoms with Gasteiger partial charge < -0.3 is 10.6 Å². The molecule has 41 heavy (non-hydrogen) atoms. The maximum atomic E-state index is 15.5. The van der Waals surface area contributed by atoms with Crippen LogP contribution >= 0.6 is 0 Å². The molecule has 0 saturated heterocycles. The molecular formula is C28H29F4N5O3S. The monoisotopic (exact) mass is 591 g/mol. The lowest BCUT2D eigenvalue weighted by atomic mass is 9.80. The quantitative estimate of drug-likeness (QED) is 0.237.